The Hall–Kier alpha value is -12.4. The number of carboxylic acid groups (broad SMARTS) is 1. The lowest BCUT2D eigenvalue weighted by Gasteiger charge is -2.46. The molecule has 0 radical (unpaired) electrons. The number of phenols is 1. The molecule has 7 aliphatic heterocycles. The van der Waals surface area contributed by atoms with Gasteiger partial charge in [-0.05, 0) is 120 Å². The van der Waals surface area contributed by atoms with Crippen molar-refractivity contribution in [3.05, 3.63) is 146 Å². The number of primary amides is 1. The molecule has 4 aromatic rings. The van der Waals surface area contributed by atoms with Crippen LogP contribution in [-0.2, 0) is 64.6 Å². The monoisotopic (exact) mass is 1790 g/mol. The number of halogens is 1. The second-order valence-corrected chi connectivity index (χ2v) is 36.1. The minimum atomic E-state index is -2.26. The Morgan fingerprint density at radius 1 is 0.838 bits per heavy atom. The standard InChI is InChI=1S/C96H113FN10O23/c1-47(2)76(102-68(110)20-13-12-14-35-107-69(111)27-28-70(107)112)64(109)41-55(19-16-34-99-94(98)123)92(120)101-56-25-21-53(22-26-56)46-126-65-42-59(105-36-29-57(30-37-105)100-58-31-38-106(39-32-58)80-63(97)45-61-71(87(80)125-11)60(54-23-24-54)44-62(83(61)115)93(121)122)43-66-77(65)103-78-72-73-84(116)75-86-74(72)89(118)96(9,130-86)127-40-33-67(124-10)95(75,8)90(128-52(7)108)51(6)82(114)50(5)81(113)48(3)17-15-18-49(4)91(119)104-79(85(73)117)88(78)129-66/h15,17-18,21-22,25-28,33,40,42-45,47-48,50-51,54-55,57-58,60,67,76,81-82,90,100,113-114,116H,12-14,16,19-20,23-24,29-32,34-39,41,46H2,1-11H3,(H,101,120)(H,102,110)(H,104,119)(H,121,122)(H3,98,99,123)/b17-15+,40-33+,49-18-/t48-,50+,51+,55+,60?,67-,76-,81-,82+,90-,95+,96-/m0/s1. The number of hydrogen-bond donors (Lipinski definition) is 10. The molecule has 1 unspecified atom stereocenters. The fraction of sp³-hybridized carbons (Fsp3) is 0.490. The van der Waals surface area contributed by atoms with E-state index in [9.17, 15) is 68.4 Å². The highest BCUT2D eigenvalue weighted by Crippen LogP contribution is 2.59. The zero-order valence-electron chi connectivity index (χ0n) is 74.7. The Bertz CT molecular complexity index is 5690. The average Bonchev–Trinajstić information content (AvgIpc) is 1.36. The highest BCUT2D eigenvalue weighted by Gasteiger charge is 2.59. The molecule has 4 aromatic carbocycles. The van der Waals surface area contributed by atoms with Crippen LogP contribution in [0.15, 0.2) is 112 Å². The van der Waals surface area contributed by atoms with Gasteiger partial charge in [0.15, 0.2) is 28.7 Å². The molecule has 3 fully saturated rings. The number of unbranched alkanes of at least 4 members (excludes halogenated alkanes) is 2. The lowest BCUT2D eigenvalue weighted by atomic mass is 9.65. The number of aromatic nitrogens is 1. The summed E-state index contributed by atoms with van der Waals surface area (Å²) in [7, 11) is 2.77. The molecular weight excluding hydrogens is 1680 g/mol. The molecule has 1 saturated carbocycles. The van der Waals surface area contributed by atoms with Gasteiger partial charge < -0.3 is 95.4 Å². The van der Waals surface area contributed by atoms with Crippen molar-refractivity contribution >= 4 is 109 Å². The lowest BCUT2D eigenvalue weighted by molar-refractivity contribution is -0.164. The van der Waals surface area contributed by atoms with Gasteiger partial charge in [0, 0.05) is 172 Å². The van der Waals surface area contributed by atoms with E-state index in [4.69, 9.17) is 43.6 Å². The van der Waals surface area contributed by atoms with E-state index in [-0.39, 0.29) is 154 Å². The Balaban J connectivity index is 0.808. The summed E-state index contributed by atoms with van der Waals surface area (Å²) in [5.74, 6) is -15.4. The van der Waals surface area contributed by atoms with Gasteiger partial charge in [-0.15, -0.1) is 0 Å². The predicted octanol–water partition coefficient (Wildman–Crippen LogP) is 10.5. The molecule has 14 rings (SSSR count). The van der Waals surface area contributed by atoms with Crippen molar-refractivity contribution in [3.8, 4) is 34.5 Å². The third-order valence-corrected chi connectivity index (χ3v) is 26.9. The van der Waals surface area contributed by atoms with Crippen LogP contribution in [0.4, 0.5) is 31.9 Å². The van der Waals surface area contributed by atoms with Crippen LogP contribution in [-0.4, -0.2) is 197 Å². The van der Waals surface area contributed by atoms with Gasteiger partial charge in [0.05, 0.1) is 59.7 Å². The van der Waals surface area contributed by atoms with Crippen molar-refractivity contribution in [1.29, 1.82) is 0 Å². The van der Waals surface area contributed by atoms with E-state index in [1.807, 2.05) is 4.90 Å². The van der Waals surface area contributed by atoms with Gasteiger partial charge in [-0.2, -0.15) is 0 Å². The number of carbonyl (C=O) groups excluding carboxylic acids is 10. The van der Waals surface area contributed by atoms with E-state index in [1.165, 1.54) is 64.7 Å². The third-order valence-electron chi connectivity index (χ3n) is 26.9. The minimum absolute atomic E-state index is 0.00106. The molecule has 0 spiro atoms. The maximum atomic E-state index is 16.5. The van der Waals surface area contributed by atoms with Crippen LogP contribution in [0.2, 0.25) is 0 Å². The molecule has 10 aliphatic rings. The number of fused-ring (bicyclic) bond motifs is 8. The Kier molecular flexibility index (Phi) is 27.9. The van der Waals surface area contributed by atoms with E-state index < -0.39 is 158 Å². The number of imide groups is 1. The molecule has 3 aliphatic carbocycles. The number of aliphatic carboxylic acids is 1. The summed E-state index contributed by atoms with van der Waals surface area (Å²) in [6.45, 7) is 15.9. The van der Waals surface area contributed by atoms with Crippen molar-refractivity contribution in [1.82, 2.24) is 25.8 Å². The summed E-state index contributed by atoms with van der Waals surface area (Å²) >= 11 is 0. The van der Waals surface area contributed by atoms with Gasteiger partial charge in [-0.1, -0.05) is 77.5 Å². The first-order valence-electron chi connectivity index (χ1n) is 44.5. The van der Waals surface area contributed by atoms with Crippen LogP contribution in [0.25, 0.3) is 33.3 Å². The number of esters is 1. The smallest absolute Gasteiger partial charge is 0.339 e. The number of phenolic OH excluding ortho intramolecular Hbond substituents is 1. The van der Waals surface area contributed by atoms with Crippen molar-refractivity contribution < 1.29 is 110 Å². The zero-order chi connectivity index (χ0) is 93.4. The second-order valence-electron chi connectivity index (χ2n) is 36.1. The number of benzene rings is 5. The number of amides is 7. The largest absolute Gasteiger partial charge is 0.507 e. The van der Waals surface area contributed by atoms with Crippen molar-refractivity contribution in [3.63, 3.8) is 0 Å². The quantitative estimate of drug-likeness (QED) is 0.00521. The van der Waals surface area contributed by atoms with Crippen LogP contribution < -0.4 is 61.8 Å². The summed E-state index contributed by atoms with van der Waals surface area (Å²) in [6, 6.07) is 9.56. The van der Waals surface area contributed by atoms with Crippen LogP contribution in [0.3, 0.4) is 0 Å². The maximum Gasteiger partial charge on any atom is 0.339 e. The maximum absolute atomic E-state index is 16.5. The number of carbonyl (C=O) groups is 11. The van der Waals surface area contributed by atoms with Gasteiger partial charge in [0.1, 0.15) is 58.1 Å². The summed E-state index contributed by atoms with van der Waals surface area (Å²) < 4.78 is 61.9. The number of piperidine rings is 2. The van der Waals surface area contributed by atoms with Gasteiger partial charge in [-0.3, -0.25) is 52.8 Å². The topological polar surface area (TPSA) is 463 Å². The second kappa shape index (κ2) is 38.7. The van der Waals surface area contributed by atoms with Gasteiger partial charge in [-0.25, -0.2) is 19.0 Å². The Morgan fingerprint density at radius 2 is 1.52 bits per heavy atom. The number of carboxylic acids is 1. The Labute approximate surface area is 750 Å². The molecular formula is C96H113FN10O23. The molecule has 2 saturated heterocycles. The van der Waals surface area contributed by atoms with E-state index in [2.05, 4.69) is 31.5 Å². The van der Waals surface area contributed by atoms with Crippen LogP contribution in [0.1, 0.15) is 189 Å². The molecule has 12 atom stereocenters. The van der Waals surface area contributed by atoms with Crippen molar-refractivity contribution in [2.24, 2.45) is 41.2 Å². The highest BCUT2D eigenvalue weighted by molar-refractivity contribution is 6.26. The summed E-state index contributed by atoms with van der Waals surface area (Å²) in [6.07, 6.45) is 11.3. The summed E-state index contributed by atoms with van der Waals surface area (Å²) in [5.41, 5.74) is 2.75. The molecule has 0 aromatic heterocycles. The molecule has 7 heterocycles. The first kappa shape index (κ1) is 93.7. The average molecular weight is 1790 g/mol. The summed E-state index contributed by atoms with van der Waals surface area (Å²) in [5, 5.41) is 62.1. The number of hydrogen-bond acceptors (Lipinski definition) is 26. The summed E-state index contributed by atoms with van der Waals surface area (Å²) in [4.78, 5) is 175. The number of nitrogens with zero attached hydrogens (tertiary/aromatic N) is 4. The number of urea groups is 1. The molecule has 5 bridgehead atoms. The molecule has 11 N–H and O–H groups in total. The fourth-order valence-electron chi connectivity index (χ4n) is 19.5. The zero-order valence-corrected chi connectivity index (χ0v) is 74.7. The number of ether oxygens (including phenoxy) is 6. The molecule has 7 amide bonds. The van der Waals surface area contributed by atoms with Crippen molar-refractivity contribution in [2.75, 3.05) is 73.9 Å². The normalized spacial score (nSPS) is 25.1. The first-order chi connectivity index (χ1) is 61.9. The van der Waals surface area contributed by atoms with Gasteiger partial charge in [0.2, 0.25) is 23.0 Å². The number of aromatic hydroxyl groups is 1. The number of aliphatic hydroxyl groups is 2. The molecule has 34 heteroatoms. The number of ketones is 3. The first-order valence-corrected chi connectivity index (χ1v) is 44.5. The molecule has 692 valence electrons. The Morgan fingerprint density at radius 3 is 2.16 bits per heavy atom. The number of Topliss-reactive ketones (excluding diaryl/α,β-unsaturated/α-hetero) is 3. The van der Waals surface area contributed by atoms with Crippen LogP contribution in [0, 0.1) is 41.3 Å². The molecule has 130 heavy (non-hydrogen) atoms. The van der Waals surface area contributed by atoms with Crippen molar-refractivity contribution in [2.45, 2.75) is 212 Å². The highest BCUT2D eigenvalue weighted by atomic mass is 19.1. The number of rotatable bonds is 29. The minimum Gasteiger partial charge on any atom is -0.507 e. The number of allylic oxidation sites excluding steroid dienone is 3. The number of methoxy groups -OCH3 is 2. The van der Waals surface area contributed by atoms with E-state index >= 15 is 14.0 Å². The van der Waals surface area contributed by atoms with E-state index in [1.54, 1.807) is 90.1 Å². The third kappa shape index (κ3) is 18.9. The number of anilines is 4. The lowest BCUT2D eigenvalue weighted by Crippen LogP contribution is -2.55. The SMILES string of the molecule is COc1c2c(cc(F)c1N1CCC(NC3CCN(c4cc(OCc5ccc(NC(=O)[C@H](CCCNC(N)=O)CC(=O)[C@@H](NC(=O)CCCCCN6C(=O)C=CC6=O)C(C)C)cc5)c5nc6c7c8c9c%10c(O)c7c(=O)c(c-6oc5c4)NC(=O)/C(C)=C\C=C\[C@H](C)[C@H](O)[C@@H](C)[C@@H](O)[C@@H](C)[C@H](OC(C)=O)[C@]%10(C)[C@@H](OC)/C=C/O[C@@](C)(O9)C8=O)CC3)CC1)C(=O)C(C(=O)O)=CC2C1CC1. The predicted molar refractivity (Wildman–Crippen MR) is 477 cm³/mol. The van der Waals surface area contributed by atoms with Crippen LogP contribution >= 0.6 is 0 Å². The van der Waals surface area contributed by atoms with Gasteiger partial charge >= 0.3 is 23.8 Å². The van der Waals surface area contributed by atoms with Gasteiger partial charge in [0.25, 0.3) is 23.5 Å². The molecule has 33 nitrogen and oxygen atoms in total. The number of aliphatic hydroxyl groups excluding tert-OH is 2. The van der Waals surface area contributed by atoms with E-state index in [0.29, 0.717) is 93.6 Å². The number of nitrogens with two attached hydrogens (primary N) is 1. The fourth-order valence-corrected chi connectivity index (χ4v) is 19.5. The number of nitrogens with one attached hydrogen (secondary N) is 5. The van der Waals surface area contributed by atoms with Crippen LogP contribution in [0.5, 0.6) is 23.0 Å². The van der Waals surface area contributed by atoms with E-state index in [0.717, 1.165) is 30.7 Å².